The number of nitrogens with one attached hydrogen (secondary N) is 1. The Hall–Kier alpha value is -2.08. The monoisotopic (exact) mass is 302 g/mol. The molecule has 1 aromatic carbocycles. The van der Waals surface area contributed by atoms with Crippen molar-refractivity contribution in [1.82, 2.24) is 15.1 Å². The lowest BCUT2D eigenvalue weighted by Crippen LogP contribution is -2.55. The van der Waals surface area contributed by atoms with Crippen molar-refractivity contribution in [3.63, 3.8) is 0 Å². The molecule has 0 saturated carbocycles. The van der Waals surface area contributed by atoms with E-state index in [-0.39, 0.29) is 29.9 Å². The van der Waals surface area contributed by atoms with Crippen molar-refractivity contribution in [2.75, 3.05) is 26.2 Å². The first-order chi connectivity index (χ1) is 10.6. The maximum Gasteiger partial charge on any atom is 0.317 e. The Morgan fingerprint density at radius 2 is 2.05 bits per heavy atom. The first-order valence-corrected chi connectivity index (χ1v) is 7.71. The highest BCUT2D eigenvalue weighted by Crippen LogP contribution is 2.23. The Kier molecular flexibility index (Phi) is 4.02. The van der Waals surface area contributed by atoms with Crippen molar-refractivity contribution in [1.29, 1.82) is 0 Å². The molecular formula is C16H22N4O2. The smallest absolute Gasteiger partial charge is 0.317 e. The number of hydrogen-bond donors (Lipinski definition) is 2. The molecule has 2 fully saturated rings. The molecule has 2 saturated heterocycles. The van der Waals surface area contributed by atoms with Crippen LogP contribution in [-0.4, -0.2) is 54.0 Å². The van der Waals surface area contributed by atoms with Crippen LogP contribution in [0.5, 0.6) is 0 Å². The summed E-state index contributed by atoms with van der Waals surface area (Å²) in [4.78, 5) is 28.0. The summed E-state index contributed by atoms with van der Waals surface area (Å²) in [7, 11) is 0. The molecule has 2 aliphatic heterocycles. The van der Waals surface area contributed by atoms with E-state index in [1.165, 1.54) is 0 Å². The second kappa shape index (κ2) is 5.96. The van der Waals surface area contributed by atoms with E-state index < -0.39 is 0 Å². The molecule has 0 aromatic heterocycles. The number of nitrogens with two attached hydrogens (primary N) is 1. The number of hydrogen-bond acceptors (Lipinski definition) is 3. The first-order valence-electron chi connectivity index (χ1n) is 7.71. The average Bonchev–Trinajstić information content (AvgIpc) is 2.94. The van der Waals surface area contributed by atoms with Gasteiger partial charge < -0.3 is 20.9 Å². The minimum atomic E-state index is -0.310. The van der Waals surface area contributed by atoms with Crippen molar-refractivity contribution in [2.24, 2.45) is 11.7 Å². The highest BCUT2D eigenvalue weighted by molar-refractivity contribution is 5.81. The molecule has 0 bridgehead atoms. The van der Waals surface area contributed by atoms with E-state index in [4.69, 9.17) is 5.73 Å². The summed E-state index contributed by atoms with van der Waals surface area (Å²) in [5, 5.41) is 2.82. The van der Waals surface area contributed by atoms with Gasteiger partial charge in [0.2, 0.25) is 5.91 Å². The summed E-state index contributed by atoms with van der Waals surface area (Å²) >= 11 is 0. The van der Waals surface area contributed by atoms with Gasteiger partial charge in [-0.1, -0.05) is 37.3 Å². The molecule has 3 rings (SSSR count). The van der Waals surface area contributed by atoms with Gasteiger partial charge in [0.05, 0.1) is 12.0 Å². The number of urea groups is 1. The molecule has 3 unspecified atom stereocenters. The first kappa shape index (κ1) is 14.8. The molecule has 6 nitrogen and oxygen atoms in total. The summed E-state index contributed by atoms with van der Waals surface area (Å²) in [6.07, 6.45) is 0. The van der Waals surface area contributed by atoms with Crippen LogP contribution in [0.1, 0.15) is 18.5 Å². The second-order valence-electron chi connectivity index (χ2n) is 6.04. The van der Waals surface area contributed by atoms with Gasteiger partial charge in [-0.3, -0.25) is 4.79 Å². The van der Waals surface area contributed by atoms with E-state index in [9.17, 15) is 9.59 Å². The maximum absolute atomic E-state index is 12.7. The Labute approximate surface area is 130 Å². The highest BCUT2D eigenvalue weighted by Gasteiger charge is 2.38. The molecule has 6 heteroatoms. The zero-order valence-corrected chi connectivity index (χ0v) is 12.7. The van der Waals surface area contributed by atoms with E-state index in [0.717, 1.165) is 5.56 Å². The molecular weight excluding hydrogens is 280 g/mol. The summed E-state index contributed by atoms with van der Waals surface area (Å²) in [5.41, 5.74) is 7.22. The van der Waals surface area contributed by atoms with Gasteiger partial charge in [-0.15, -0.1) is 0 Å². The van der Waals surface area contributed by atoms with Crippen LogP contribution in [0.3, 0.4) is 0 Å². The van der Waals surface area contributed by atoms with Crippen LogP contribution in [0.25, 0.3) is 0 Å². The van der Waals surface area contributed by atoms with Gasteiger partial charge in [0.15, 0.2) is 0 Å². The zero-order chi connectivity index (χ0) is 15.7. The Balaban J connectivity index is 1.65. The zero-order valence-electron chi connectivity index (χ0n) is 12.7. The normalized spacial score (nSPS) is 23.7. The molecule has 0 spiro atoms. The fourth-order valence-electron chi connectivity index (χ4n) is 3.21. The topological polar surface area (TPSA) is 78.7 Å². The van der Waals surface area contributed by atoms with Gasteiger partial charge in [-0.05, 0) is 5.56 Å². The van der Waals surface area contributed by atoms with Crippen LogP contribution in [0.2, 0.25) is 0 Å². The standard InChI is InChI=1S/C16H22N4O2/c1-11(14(17)12-5-3-2-4-6-12)15(21)19-7-8-20-13(10-19)9-18-16(20)22/h2-6,11,13-14H,7-10,17H2,1H3,(H,18,22). The third-order valence-electron chi connectivity index (χ3n) is 4.66. The van der Waals surface area contributed by atoms with Crippen molar-refractivity contribution in [3.05, 3.63) is 35.9 Å². The second-order valence-corrected chi connectivity index (χ2v) is 6.04. The predicted octanol–water partition coefficient (Wildman–Crippen LogP) is 0.559. The van der Waals surface area contributed by atoms with Gasteiger partial charge >= 0.3 is 6.03 Å². The molecule has 1 aromatic rings. The SMILES string of the molecule is CC(C(=O)N1CCN2C(=O)NCC2C1)C(N)c1ccccc1. The number of carbonyl (C=O) groups is 2. The number of amides is 3. The van der Waals surface area contributed by atoms with E-state index in [2.05, 4.69) is 5.32 Å². The van der Waals surface area contributed by atoms with E-state index >= 15 is 0 Å². The van der Waals surface area contributed by atoms with Gasteiger partial charge in [0.1, 0.15) is 0 Å². The molecule has 22 heavy (non-hydrogen) atoms. The van der Waals surface area contributed by atoms with Crippen LogP contribution in [0, 0.1) is 5.92 Å². The van der Waals surface area contributed by atoms with Gasteiger partial charge in [-0.25, -0.2) is 4.79 Å². The Morgan fingerprint density at radius 3 is 2.77 bits per heavy atom. The van der Waals surface area contributed by atoms with Crippen molar-refractivity contribution in [2.45, 2.75) is 19.0 Å². The van der Waals surface area contributed by atoms with Crippen LogP contribution < -0.4 is 11.1 Å². The fourth-order valence-corrected chi connectivity index (χ4v) is 3.21. The van der Waals surface area contributed by atoms with Crippen molar-refractivity contribution >= 4 is 11.9 Å². The number of piperazine rings is 1. The summed E-state index contributed by atoms with van der Waals surface area (Å²) in [6, 6.07) is 9.46. The minimum Gasteiger partial charge on any atom is -0.338 e. The van der Waals surface area contributed by atoms with Crippen molar-refractivity contribution in [3.8, 4) is 0 Å². The lowest BCUT2D eigenvalue weighted by Gasteiger charge is -2.38. The molecule has 3 atom stereocenters. The average molecular weight is 302 g/mol. The lowest BCUT2D eigenvalue weighted by atomic mass is 9.93. The number of benzene rings is 1. The van der Waals surface area contributed by atoms with Crippen LogP contribution in [-0.2, 0) is 4.79 Å². The largest absolute Gasteiger partial charge is 0.338 e. The van der Waals surface area contributed by atoms with Crippen molar-refractivity contribution < 1.29 is 9.59 Å². The minimum absolute atomic E-state index is 0.0221. The fraction of sp³-hybridized carbons (Fsp3) is 0.500. The lowest BCUT2D eigenvalue weighted by molar-refractivity contribution is -0.137. The highest BCUT2D eigenvalue weighted by atomic mass is 16.2. The Bertz CT molecular complexity index is 563. The van der Waals surface area contributed by atoms with E-state index in [1.54, 1.807) is 0 Å². The predicted molar refractivity (Wildman–Crippen MR) is 83.0 cm³/mol. The van der Waals surface area contributed by atoms with E-state index in [0.29, 0.717) is 26.2 Å². The third kappa shape index (κ3) is 2.66. The number of nitrogens with zero attached hydrogens (tertiary/aromatic N) is 2. The summed E-state index contributed by atoms with van der Waals surface area (Å²) in [6.45, 7) is 4.25. The molecule has 2 heterocycles. The molecule has 3 N–H and O–H groups in total. The maximum atomic E-state index is 12.7. The summed E-state index contributed by atoms with van der Waals surface area (Å²) in [5.74, 6) is -0.214. The number of fused-ring (bicyclic) bond motifs is 1. The van der Waals surface area contributed by atoms with Crippen LogP contribution >= 0.6 is 0 Å². The quantitative estimate of drug-likeness (QED) is 0.856. The number of rotatable bonds is 3. The van der Waals surface area contributed by atoms with Gasteiger partial charge in [0.25, 0.3) is 0 Å². The number of carbonyl (C=O) groups excluding carboxylic acids is 2. The van der Waals surface area contributed by atoms with Gasteiger partial charge in [0, 0.05) is 32.2 Å². The molecule has 0 radical (unpaired) electrons. The molecule has 0 aliphatic carbocycles. The van der Waals surface area contributed by atoms with E-state index in [1.807, 2.05) is 47.1 Å². The van der Waals surface area contributed by atoms with Crippen LogP contribution in [0.15, 0.2) is 30.3 Å². The Morgan fingerprint density at radius 1 is 1.32 bits per heavy atom. The van der Waals surface area contributed by atoms with Gasteiger partial charge in [-0.2, -0.15) is 0 Å². The molecule has 3 amide bonds. The molecule has 118 valence electrons. The molecule has 2 aliphatic rings. The van der Waals surface area contributed by atoms with Crippen LogP contribution in [0.4, 0.5) is 4.79 Å². The third-order valence-corrected chi connectivity index (χ3v) is 4.66. The summed E-state index contributed by atoms with van der Waals surface area (Å²) < 4.78 is 0.